The zero-order chi connectivity index (χ0) is 36.7. The van der Waals surface area contributed by atoms with E-state index < -0.39 is 69.1 Å². The Balaban J connectivity index is 1.86. The fraction of sp³-hybridized carbons (Fsp3) is 0.800. The lowest BCUT2D eigenvalue weighted by atomic mass is 9.80. The van der Waals surface area contributed by atoms with Crippen LogP contribution in [0.25, 0.3) is 0 Å². The summed E-state index contributed by atoms with van der Waals surface area (Å²) in [6, 6.07) is -4.11. The van der Waals surface area contributed by atoms with Crippen molar-refractivity contribution < 1.29 is 32.4 Å². The average Bonchev–Trinajstić information content (AvgIpc) is 3.42. The maximum Gasteiger partial charge on any atom is 0.315 e. The summed E-state index contributed by atoms with van der Waals surface area (Å²) in [5.41, 5.74) is 5.55. The molecule has 0 radical (unpaired) electrons. The minimum atomic E-state index is -3.48. The highest BCUT2D eigenvalue weighted by Gasteiger charge is 2.47. The first-order valence-corrected chi connectivity index (χ1v) is 19.6. The fourth-order valence-corrected chi connectivity index (χ4v) is 8.17. The van der Waals surface area contributed by atoms with Gasteiger partial charge in [-0.1, -0.05) is 70.9 Å². The minimum absolute atomic E-state index is 0.0516. The lowest BCUT2D eigenvalue weighted by Gasteiger charge is -2.38. The van der Waals surface area contributed by atoms with Gasteiger partial charge in [-0.05, 0) is 63.7 Å². The van der Waals surface area contributed by atoms with Crippen LogP contribution in [0.4, 0.5) is 4.79 Å². The molecule has 1 saturated heterocycles. The fourth-order valence-electron chi connectivity index (χ4n) is 7.34. The Labute approximate surface area is 293 Å². The Bertz CT molecular complexity index is 1350. The highest BCUT2D eigenvalue weighted by atomic mass is 32.2. The second-order valence-electron chi connectivity index (χ2n) is 15.6. The first-order valence-electron chi connectivity index (χ1n) is 18.0. The number of likely N-dealkylation sites (N-methyl/N-ethyl adjacent to an activating group) is 1. The van der Waals surface area contributed by atoms with Crippen molar-refractivity contribution in [3.8, 4) is 0 Å². The smallest absolute Gasteiger partial charge is 0.315 e. The minimum Gasteiger partial charge on any atom is -0.363 e. The molecular weight excluding hydrogens is 648 g/mol. The summed E-state index contributed by atoms with van der Waals surface area (Å²) in [5.74, 6) is -3.05. The maximum atomic E-state index is 14.4. The van der Waals surface area contributed by atoms with Gasteiger partial charge in [-0.15, -0.1) is 0 Å². The summed E-state index contributed by atoms with van der Waals surface area (Å²) in [4.78, 5) is 68.3. The normalized spacial score (nSPS) is 22.4. The first kappa shape index (κ1) is 40.4. The van der Waals surface area contributed by atoms with Crippen LogP contribution in [-0.2, 0) is 29.2 Å². The van der Waals surface area contributed by atoms with Crippen molar-refractivity contribution in [3.05, 3.63) is 11.6 Å². The molecule has 0 spiro atoms. The zero-order valence-corrected chi connectivity index (χ0v) is 31.4. The maximum absolute atomic E-state index is 14.4. The molecule has 278 valence electrons. The molecule has 0 aromatic heterocycles. The van der Waals surface area contributed by atoms with Crippen molar-refractivity contribution in [2.75, 3.05) is 25.9 Å². The van der Waals surface area contributed by atoms with Gasteiger partial charge in [-0.25, -0.2) is 17.5 Å². The monoisotopic (exact) mass is 708 g/mol. The van der Waals surface area contributed by atoms with Crippen LogP contribution in [-0.4, -0.2) is 97.2 Å². The van der Waals surface area contributed by atoms with Gasteiger partial charge in [0.2, 0.25) is 27.6 Å². The van der Waals surface area contributed by atoms with Crippen molar-refractivity contribution in [3.63, 3.8) is 0 Å². The number of Topliss-reactive ketones (excluding diaryl/α,β-unsaturated/α-hetero) is 1. The number of urea groups is 1. The first-order chi connectivity index (χ1) is 22.8. The topological polar surface area (TPSA) is 188 Å². The Hall–Kier alpha value is -3.00. The van der Waals surface area contributed by atoms with Gasteiger partial charge in [0.25, 0.3) is 5.91 Å². The van der Waals surface area contributed by atoms with Crippen LogP contribution in [0.2, 0.25) is 0 Å². The molecule has 1 aliphatic heterocycles. The molecule has 14 heteroatoms. The predicted octanol–water partition coefficient (Wildman–Crippen LogP) is 2.84. The van der Waals surface area contributed by atoms with E-state index >= 15 is 0 Å². The summed E-state index contributed by atoms with van der Waals surface area (Å²) < 4.78 is 26.5. The molecule has 2 saturated carbocycles. The van der Waals surface area contributed by atoms with Gasteiger partial charge in [0.05, 0.1) is 11.8 Å². The van der Waals surface area contributed by atoms with Crippen LogP contribution in [0.3, 0.4) is 0 Å². The SMILES string of the molecule is CCS(=O)(=O)N(C)C[C@@H](NC(=O)N[C@H](C(=O)N1CC[C@H](C=C(C)C)[C@H]1C(=O)NC(CC1CCC1)C(=O)C(N)=O)C(C)(C)C)C1CCCCC1. The summed E-state index contributed by atoms with van der Waals surface area (Å²) in [6.45, 7) is 11.3. The third-order valence-electron chi connectivity index (χ3n) is 10.4. The number of allylic oxidation sites excluding steroid dienone is 1. The lowest BCUT2D eigenvalue weighted by Crippen LogP contribution is -2.62. The molecule has 0 aromatic rings. The lowest BCUT2D eigenvalue weighted by molar-refractivity contribution is -0.144. The Morgan fingerprint density at radius 3 is 2.08 bits per heavy atom. The van der Waals surface area contributed by atoms with Crippen molar-refractivity contribution in [1.29, 1.82) is 0 Å². The second-order valence-corrected chi connectivity index (χ2v) is 18.0. The van der Waals surface area contributed by atoms with E-state index in [-0.39, 0.29) is 36.6 Å². The van der Waals surface area contributed by atoms with Crippen molar-refractivity contribution in [2.24, 2.45) is 28.9 Å². The third-order valence-corrected chi connectivity index (χ3v) is 12.3. The van der Waals surface area contributed by atoms with Crippen LogP contribution < -0.4 is 21.7 Å². The second kappa shape index (κ2) is 17.3. The molecule has 0 bridgehead atoms. The highest BCUT2D eigenvalue weighted by Crippen LogP contribution is 2.33. The highest BCUT2D eigenvalue weighted by molar-refractivity contribution is 7.89. The quantitative estimate of drug-likeness (QED) is 0.149. The van der Waals surface area contributed by atoms with Crippen LogP contribution in [0.15, 0.2) is 11.6 Å². The number of amides is 5. The van der Waals surface area contributed by atoms with E-state index in [9.17, 15) is 32.4 Å². The van der Waals surface area contributed by atoms with Crippen LogP contribution >= 0.6 is 0 Å². The number of nitrogens with one attached hydrogen (secondary N) is 3. The number of nitrogens with zero attached hydrogens (tertiary/aromatic N) is 2. The number of nitrogens with two attached hydrogens (primary N) is 1. The Morgan fingerprint density at radius 1 is 0.939 bits per heavy atom. The predicted molar refractivity (Wildman–Crippen MR) is 188 cm³/mol. The van der Waals surface area contributed by atoms with Crippen molar-refractivity contribution >= 4 is 39.6 Å². The van der Waals surface area contributed by atoms with E-state index in [1.807, 2.05) is 40.7 Å². The molecule has 3 rings (SSSR count). The number of rotatable bonds is 15. The average molecular weight is 709 g/mol. The molecule has 5 amide bonds. The van der Waals surface area contributed by atoms with Crippen molar-refractivity contribution in [2.45, 2.75) is 130 Å². The number of hydrogen-bond donors (Lipinski definition) is 4. The van der Waals surface area contributed by atoms with Crippen LogP contribution in [0, 0.1) is 23.2 Å². The third kappa shape index (κ3) is 11.0. The molecule has 1 heterocycles. The largest absolute Gasteiger partial charge is 0.363 e. The van der Waals surface area contributed by atoms with Gasteiger partial charge in [0, 0.05) is 32.1 Å². The molecule has 1 unspecified atom stereocenters. The molecule has 3 fully saturated rings. The number of carbonyl (C=O) groups is 5. The van der Waals surface area contributed by atoms with Crippen molar-refractivity contribution in [1.82, 2.24) is 25.2 Å². The summed E-state index contributed by atoms with van der Waals surface area (Å²) in [5, 5.41) is 8.68. The van der Waals surface area contributed by atoms with Gasteiger partial charge >= 0.3 is 6.03 Å². The summed E-state index contributed by atoms with van der Waals surface area (Å²) in [7, 11) is -1.96. The van der Waals surface area contributed by atoms with Gasteiger partial charge in [-0.3, -0.25) is 19.2 Å². The van der Waals surface area contributed by atoms with Gasteiger partial charge < -0.3 is 26.6 Å². The van der Waals surface area contributed by atoms with E-state index in [1.165, 1.54) is 16.3 Å². The molecule has 5 N–H and O–H groups in total. The number of carbonyl (C=O) groups excluding carboxylic acids is 5. The molecule has 13 nitrogen and oxygen atoms in total. The number of hydrogen-bond acceptors (Lipinski definition) is 7. The molecule has 5 atom stereocenters. The van der Waals surface area contributed by atoms with E-state index in [0.29, 0.717) is 12.8 Å². The van der Waals surface area contributed by atoms with Gasteiger partial charge in [-0.2, -0.15) is 0 Å². The molecule has 0 aromatic carbocycles. The molecule has 2 aliphatic carbocycles. The number of primary amides is 1. The van der Waals surface area contributed by atoms with E-state index in [2.05, 4.69) is 16.0 Å². The molecule has 3 aliphatic rings. The summed E-state index contributed by atoms with van der Waals surface area (Å²) in [6.07, 6.45) is 10.4. The van der Waals surface area contributed by atoms with Gasteiger partial charge in [0.1, 0.15) is 12.1 Å². The van der Waals surface area contributed by atoms with E-state index in [0.717, 1.165) is 56.9 Å². The Morgan fingerprint density at radius 2 is 1.57 bits per heavy atom. The molecule has 49 heavy (non-hydrogen) atoms. The summed E-state index contributed by atoms with van der Waals surface area (Å²) >= 11 is 0. The molecular formula is C35H60N6O7S. The number of likely N-dealkylation sites (tertiary alicyclic amines) is 1. The van der Waals surface area contributed by atoms with Crippen LogP contribution in [0.5, 0.6) is 0 Å². The number of sulfonamides is 1. The van der Waals surface area contributed by atoms with E-state index in [4.69, 9.17) is 5.73 Å². The zero-order valence-electron chi connectivity index (χ0n) is 30.5. The standard InChI is InChI=1S/C35H60N6O7S/c1-8-49(47,48)40(7)21-27(24-15-10-9-11-16-24)38-34(46)39-30(35(4,5)6)33(45)41-18-17-25(19-22(2)3)28(41)32(44)37-26(29(42)31(36)43)20-23-13-12-14-23/h19,23-28,30H,8-18,20-21H2,1-7H3,(H2,36,43)(H,37,44)(H2,38,39,46)/t25-,26?,27-,28+,30-/m1/s1. The Kier molecular flexibility index (Phi) is 14.3. The van der Waals surface area contributed by atoms with E-state index in [1.54, 1.807) is 6.92 Å². The van der Waals surface area contributed by atoms with Gasteiger partial charge in [0.15, 0.2) is 0 Å². The number of ketones is 1. The van der Waals surface area contributed by atoms with Crippen LogP contribution in [0.1, 0.15) is 106 Å².